The number of nitrogens with zero attached hydrogens (tertiary/aromatic N) is 4. The van der Waals surface area contributed by atoms with Crippen LogP contribution >= 0.6 is 11.6 Å². The molecule has 2 aromatic carbocycles. The highest BCUT2D eigenvalue weighted by Crippen LogP contribution is 2.27. The van der Waals surface area contributed by atoms with Crippen LogP contribution in [-0.4, -0.2) is 38.2 Å². The van der Waals surface area contributed by atoms with Crippen LogP contribution in [0.5, 0.6) is 0 Å². The Labute approximate surface area is 185 Å². The Morgan fingerprint density at radius 1 is 0.935 bits per heavy atom. The van der Waals surface area contributed by atoms with E-state index in [4.69, 9.17) is 11.6 Å². The van der Waals surface area contributed by atoms with E-state index in [0.717, 1.165) is 12.1 Å². The van der Waals surface area contributed by atoms with Crippen molar-refractivity contribution in [2.45, 2.75) is 6.42 Å². The highest BCUT2D eigenvalue weighted by molar-refractivity contribution is 6.32. The van der Waals surface area contributed by atoms with Gasteiger partial charge in [0.15, 0.2) is 5.82 Å². The molecule has 5 rings (SSSR count). The Morgan fingerprint density at radius 2 is 1.68 bits per heavy atom. The van der Waals surface area contributed by atoms with Crippen LogP contribution in [0.15, 0.2) is 91.4 Å². The Hall–Kier alpha value is -3.57. The molecule has 5 nitrogen and oxygen atoms in total. The summed E-state index contributed by atoms with van der Waals surface area (Å²) in [4.78, 5) is 15.4. The molecule has 0 unspecified atom stereocenters. The summed E-state index contributed by atoms with van der Waals surface area (Å²) in [5.74, 6) is 0.645. The summed E-state index contributed by atoms with van der Waals surface area (Å²) in [7, 11) is 0. The number of rotatable bonds is 4. The number of amides is 1. The average Bonchev–Trinajstić information content (AvgIpc) is 3.49. The molecule has 0 atom stereocenters. The molecule has 0 saturated heterocycles. The highest BCUT2D eigenvalue weighted by Gasteiger charge is 2.26. The number of carbonyl (C=O) groups is 1. The lowest BCUT2D eigenvalue weighted by molar-refractivity contribution is 0.0773. The van der Waals surface area contributed by atoms with Crippen LogP contribution in [0.4, 0.5) is 0 Å². The van der Waals surface area contributed by atoms with E-state index in [-0.39, 0.29) is 5.91 Å². The van der Waals surface area contributed by atoms with E-state index < -0.39 is 0 Å². The third-order valence-corrected chi connectivity index (χ3v) is 5.86. The molecule has 0 spiro atoms. The molecular formula is C25H21ClN4O. The van der Waals surface area contributed by atoms with Crippen molar-refractivity contribution in [3.63, 3.8) is 0 Å². The first-order chi connectivity index (χ1) is 15.2. The van der Waals surface area contributed by atoms with Gasteiger partial charge in [0.1, 0.15) is 5.56 Å². The summed E-state index contributed by atoms with van der Waals surface area (Å²) in [5.41, 5.74) is 3.78. The largest absolute Gasteiger partial charge is 0.334 e. The van der Waals surface area contributed by atoms with Gasteiger partial charge in [0.05, 0.1) is 16.9 Å². The van der Waals surface area contributed by atoms with Crippen LogP contribution in [0.3, 0.4) is 0 Å². The molecule has 1 amide bonds. The topological polar surface area (TPSA) is 43.1 Å². The van der Waals surface area contributed by atoms with Gasteiger partial charge in [-0.15, -0.1) is 0 Å². The second-order valence-electron chi connectivity index (χ2n) is 7.43. The third-order valence-electron chi connectivity index (χ3n) is 5.54. The van der Waals surface area contributed by atoms with Crippen LogP contribution in [0.2, 0.25) is 5.02 Å². The first kappa shape index (κ1) is 19.4. The maximum Gasteiger partial charge on any atom is 0.259 e. The third kappa shape index (κ3) is 3.68. The van der Waals surface area contributed by atoms with Gasteiger partial charge in [0.25, 0.3) is 5.91 Å². The molecule has 1 aliphatic rings. The highest BCUT2D eigenvalue weighted by atomic mass is 35.5. The minimum Gasteiger partial charge on any atom is -0.334 e. The molecule has 0 saturated carbocycles. The van der Waals surface area contributed by atoms with Crippen LogP contribution in [0, 0.1) is 0 Å². The number of para-hydroxylation sites is 1. The fourth-order valence-electron chi connectivity index (χ4n) is 3.96. The molecule has 154 valence electrons. The van der Waals surface area contributed by atoms with Gasteiger partial charge >= 0.3 is 0 Å². The fourth-order valence-corrected chi connectivity index (χ4v) is 4.17. The fraction of sp³-hybridized carbons (Fsp3) is 0.120. The Balaban J connectivity index is 1.49. The van der Waals surface area contributed by atoms with E-state index in [9.17, 15) is 4.79 Å². The normalized spacial score (nSPS) is 13.8. The zero-order chi connectivity index (χ0) is 21.2. The van der Waals surface area contributed by atoms with Gasteiger partial charge in [-0.1, -0.05) is 60.1 Å². The predicted octanol–water partition coefficient (Wildman–Crippen LogP) is 5.25. The monoisotopic (exact) mass is 428 g/mol. The van der Waals surface area contributed by atoms with Crippen molar-refractivity contribution >= 4 is 23.1 Å². The molecule has 0 radical (unpaired) electrons. The zero-order valence-corrected chi connectivity index (χ0v) is 17.6. The van der Waals surface area contributed by atoms with E-state index in [1.54, 1.807) is 10.9 Å². The summed E-state index contributed by atoms with van der Waals surface area (Å²) >= 11 is 6.43. The van der Waals surface area contributed by atoms with Gasteiger partial charge in [0, 0.05) is 25.5 Å². The number of hydrogen-bond donors (Lipinski definition) is 0. The number of halogens is 1. The lowest BCUT2D eigenvalue weighted by Gasteiger charge is -2.27. The predicted molar refractivity (Wildman–Crippen MR) is 123 cm³/mol. The van der Waals surface area contributed by atoms with Crippen molar-refractivity contribution in [2.75, 3.05) is 13.1 Å². The molecule has 31 heavy (non-hydrogen) atoms. The molecule has 1 aliphatic heterocycles. The summed E-state index contributed by atoms with van der Waals surface area (Å²) in [5, 5.41) is 5.11. The number of carbonyl (C=O) groups excluding carboxylic acids is 1. The van der Waals surface area contributed by atoms with Crippen molar-refractivity contribution in [2.24, 2.45) is 0 Å². The van der Waals surface area contributed by atoms with Crippen LogP contribution < -0.4 is 0 Å². The molecule has 4 aromatic rings. The second-order valence-corrected chi connectivity index (χ2v) is 7.84. The van der Waals surface area contributed by atoms with Crippen molar-refractivity contribution in [1.82, 2.24) is 19.2 Å². The van der Waals surface area contributed by atoms with E-state index in [2.05, 4.69) is 23.3 Å². The Bertz CT molecular complexity index is 1240. The molecule has 6 heteroatoms. The maximum absolute atomic E-state index is 13.5. The van der Waals surface area contributed by atoms with Gasteiger partial charge in [0.2, 0.25) is 0 Å². The summed E-state index contributed by atoms with van der Waals surface area (Å²) in [6.45, 7) is 1.24. The molecule has 0 N–H and O–H groups in total. The van der Waals surface area contributed by atoms with Crippen molar-refractivity contribution < 1.29 is 4.79 Å². The zero-order valence-electron chi connectivity index (χ0n) is 16.9. The summed E-state index contributed by atoms with van der Waals surface area (Å²) < 4.78 is 3.63. The number of aromatic nitrogens is 3. The molecule has 3 heterocycles. The van der Waals surface area contributed by atoms with Gasteiger partial charge in [-0.05, 0) is 41.8 Å². The molecule has 2 aromatic heterocycles. The second kappa shape index (κ2) is 8.28. The SMILES string of the molecule is O=C(c1cnn(-c2ccccc2Cl)c1-n1cccc1)N1CC=C(c2ccccc2)CC1. The smallest absolute Gasteiger partial charge is 0.259 e. The average molecular weight is 429 g/mol. The van der Waals surface area contributed by atoms with E-state index in [1.807, 2.05) is 76.5 Å². The van der Waals surface area contributed by atoms with Gasteiger partial charge in [-0.25, -0.2) is 4.68 Å². The summed E-state index contributed by atoms with van der Waals surface area (Å²) in [6, 6.07) is 21.7. The van der Waals surface area contributed by atoms with Gasteiger partial charge < -0.3 is 9.47 Å². The van der Waals surface area contributed by atoms with E-state index in [1.165, 1.54) is 11.1 Å². The van der Waals surface area contributed by atoms with Gasteiger partial charge in [-0.2, -0.15) is 5.10 Å². The lowest BCUT2D eigenvalue weighted by Crippen LogP contribution is -2.35. The first-order valence-corrected chi connectivity index (χ1v) is 10.6. The molecular weight excluding hydrogens is 408 g/mol. The Morgan fingerprint density at radius 3 is 2.39 bits per heavy atom. The number of benzene rings is 2. The van der Waals surface area contributed by atoms with Crippen LogP contribution in [0.1, 0.15) is 22.3 Å². The lowest BCUT2D eigenvalue weighted by atomic mass is 9.99. The van der Waals surface area contributed by atoms with Crippen molar-refractivity contribution in [3.8, 4) is 11.5 Å². The van der Waals surface area contributed by atoms with Gasteiger partial charge in [-0.3, -0.25) is 4.79 Å². The first-order valence-electron chi connectivity index (χ1n) is 10.2. The standard InChI is InChI=1S/C25H21ClN4O/c26-22-10-4-5-11-23(22)30-24(28-14-6-7-15-28)21(18-27-30)25(31)29-16-12-20(13-17-29)19-8-2-1-3-9-19/h1-12,14-15,18H,13,16-17H2. The molecule has 0 aliphatic carbocycles. The van der Waals surface area contributed by atoms with E-state index in [0.29, 0.717) is 29.5 Å². The summed E-state index contributed by atoms with van der Waals surface area (Å²) in [6.07, 6.45) is 8.42. The maximum atomic E-state index is 13.5. The minimum absolute atomic E-state index is 0.0367. The van der Waals surface area contributed by atoms with Crippen molar-refractivity contribution in [1.29, 1.82) is 0 Å². The number of hydrogen-bond acceptors (Lipinski definition) is 2. The van der Waals surface area contributed by atoms with Crippen molar-refractivity contribution in [3.05, 3.63) is 108 Å². The van der Waals surface area contributed by atoms with E-state index >= 15 is 0 Å². The molecule has 0 fully saturated rings. The minimum atomic E-state index is -0.0367. The van der Waals surface area contributed by atoms with Crippen LogP contribution in [0.25, 0.3) is 17.1 Å². The van der Waals surface area contributed by atoms with Crippen LogP contribution in [-0.2, 0) is 0 Å². The molecule has 0 bridgehead atoms. The quantitative estimate of drug-likeness (QED) is 0.445. The Kier molecular flexibility index (Phi) is 5.18.